The van der Waals surface area contributed by atoms with E-state index >= 15 is 0 Å². The van der Waals surface area contributed by atoms with E-state index in [4.69, 9.17) is 4.74 Å². The maximum Gasteiger partial charge on any atom is 0.0499 e. The number of ether oxygens (including phenoxy) is 1. The monoisotopic (exact) mass is 231 g/mol. The zero-order valence-corrected chi connectivity index (χ0v) is 11.2. The highest BCUT2D eigenvalue weighted by molar-refractivity contribution is 4.77. The Morgan fingerprint density at radius 2 is 1.81 bits per heavy atom. The molecule has 2 N–H and O–H groups in total. The minimum atomic E-state index is 0.0898. The van der Waals surface area contributed by atoms with Crippen molar-refractivity contribution in [2.45, 2.75) is 46.0 Å². The number of aliphatic hydroxyl groups is 1. The number of rotatable bonds is 11. The summed E-state index contributed by atoms with van der Waals surface area (Å²) >= 11 is 0. The number of unbranched alkanes of at least 4 members (excludes halogenated alkanes) is 2. The summed E-state index contributed by atoms with van der Waals surface area (Å²) in [5.74, 6) is 0. The molecule has 3 nitrogen and oxygen atoms in total. The predicted molar refractivity (Wildman–Crippen MR) is 68.7 cm³/mol. The van der Waals surface area contributed by atoms with E-state index in [1.54, 1.807) is 7.11 Å². The zero-order chi connectivity index (χ0) is 12.3. The summed E-state index contributed by atoms with van der Waals surface area (Å²) in [6.07, 6.45) is 5.63. The molecular weight excluding hydrogens is 202 g/mol. The lowest BCUT2D eigenvalue weighted by atomic mass is 9.83. The normalized spacial score (nSPS) is 12.0. The molecule has 0 rings (SSSR count). The van der Waals surface area contributed by atoms with Crippen LogP contribution in [0.25, 0.3) is 0 Å². The molecule has 16 heavy (non-hydrogen) atoms. The summed E-state index contributed by atoms with van der Waals surface area (Å²) in [7, 11) is 1.75. The van der Waals surface area contributed by atoms with Gasteiger partial charge in [-0.05, 0) is 38.6 Å². The number of hydrogen-bond donors (Lipinski definition) is 2. The third-order valence-electron chi connectivity index (χ3n) is 3.54. The molecule has 0 aromatic heterocycles. The van der Waals surface area contributed by atoms with Crippen molar-refractivity contribution in [1.29, 1.82) is 0 Å². The molecule has 0 heterocycles. The number of hydrogen-bond acceptors (Lipinski definition) is 3. The van der Waals surface area contributed by atoms with Gasteiger partial charge in [-0.25, -0.2) is 0 Å². The van der Waals surface area contributed by atoms with Crippen molar-refractivity contribution in [2.75, 3.05) is 33.4 Å². The molecule has 0 saturated carbocycles. The average molecular weight is 231 g/mol. The minimum Gasteiger partial charge on any atom is -0.396 e. The highest BCUT2D eigenvalue weighted by Crippen LogP contribution is 2.24. The van der Waals surface area contributed by atoms with E-state index in [2.05, 4.69) is 19.2 Å². The Morgan fingerprint density at radius 3 is 2.31 bits per heavy atom. The largest absolute Gasteiger partial charge is 0.396 e. The zero-order valence-electron chi connectivity index (χ0n) is 11.2. The molecular formula is C13H29NO2. The van der Waals surface area contributed by atoms with Gasteiger partial charge in [0, 0.05) is 32.3 Å². The van der Waals surface area contributed by atoms with Gasteiger partial charge in [-0.3, -0.25) is 0 Å². The fourth-order valence-corrected chi connectivity index (χ4v) is 1.81. The van der Waals surface area contributed by atoms with Crippen LogP contribution in [0.3, 0.4) is 0 Å². The van der Waals surface area contributed by atoms with Crippen molar-refractivity contribution in [3.05, 3.63) is 0 Å². The molecule has 0 bridgehead atoms. The van der Waals surface area contributed by atoms with Crippen LogP contribution in [0.4, 0.5) is 0 Å². The van der Waals surface area contributed by atoms with Crippen molar-refractivity contribution in [3.63, 3.8) is 0 Å². The summed E-state index contributed by atoms with van der Waals surface area (Å²) in [4.78, 5) is 0. The van der Waals surface area contributed by atoms with Crippen LogP contribution in [0, 0.1) is 5.41 Å². The van der Waals surface area contributed by atoms with Gasteiger partial charge in [0.05, 0.1) is 0 Å². The molecule has 0 amide bonds. The fraction of sp³-hybridized carbons (Fsp3) is 1.00. The molecule has 0 aromatic carbocycles. The lowest BCUT2D eigenvalue weighted by molar-refractivity contribution is 0.113. The van der Waals surface area contributed by atoms with Gasteiger partial charge in [0.25, 0.3) is 0 Å². The van der Waals surface area contributed by atoms with Gasteiger partial charge >= 0.3 is 0 Å². The Balaban J connectivity index is 3.48. The van der Waals surface area contributed by atoms with Crippen molar-refractivity contribution >= 4 is 0 Å². The maximum absolute atomic E-state index is 9.39. The van der Waals surface area contributed by atoms with Gasteiger partial charge < -0.3 is 15.2 Å². The Morgan fingerprint density at radius 1 is 1.12 bits per heavy atom. The summed E-state index contributed by atoms with van der Waals surface area (Å²) in [6, 6.07) is 0. The van der Waals surface area contributed by atoms with Gasteiger partial charge in [-0.2, -0.15) is 0 Å². The SMILES string of the molecule is CCC(CC)(CO)CNCCCCCOC. The van der Waals surface area contributed by atoms with E-state index in [1.807, 2.05) is 0 Å². The van der Waals surface area contributed by atoms with Crippen LogP contribution in [0.2, 0.25) is 0 Å². The number of aliphatic hydroxyl groups excluding tert-OH is 1. The molecule has 0 aliphatic carbocycles. The lowest BCUT2D eigenvalue weighted by Crippen LogP contribution is -2.36. The fourth-order valence-electron chi connectivity index (χ4n) is 1.81. The molecule has 0 radical (unpaired) electrons. The Labute approximate surface area is 101 Å². The van der Waals surface area contributed by atoms with Crippen LogP contribution >= 0.6 is 0 Å². The Kier molecular flexibility index (Phi) is 9.99. The van der Waals surface area contributed by atoms with Crippen LogP contribution in [-0.2, 0) is 4.74 Å². The quantitative estimate of drug-likeness (QED) is 0.536. The van der Waals surface area contributed by atoms with E-state index in [-0.39, 0.29) is 12.0 Å². The summed E-state index contributed by atoms with van der Waals surface area (Å²) in [5.41, 5.74) is 0.0898. The Hall–Kier alpha value is -0.120. The number of methoxy groups -OCH3 is 1. The Bertz CT molecular complexity index is 139. The van der Waals surface area contributed by atoms with Crippen molar-refractivity contribution in [3.8, 4) is 0 Å². The maximum atomic E-state index is 9.39. The van der Waals surface area contributed by atoms with Crippen LogP contribution in [0.1, 0.15) is 46.0 Å². The van der Waals surface area contributed by atoms with Gasteiger partial charge in [-0.15, -0.1) is 0 Å². The number of nitrogens with one attached hydrogen (secondary N) is 1. The van der Waals surface area contributed by atoms with Gasteiger partial charge in [-0.1, -0.05) is 13.8 Å². The second kappa shape index (κ2) is 10.1. The molecule has 0 atom stereocenters. The second-order valence-electron chi connectivity index (χ2n) is 4.60. The summed E-state index contributed by atoms with van der Waals surface area (Å²) < 4.78 is 5.00. The van der Waals surface area contributed by atoms with E-state index in [1.165, 1.54) is 12.8 Å². The third-order valence-corrected chi connectivity index (χ3v) is 3.54. The lowest BCUT2D eigenvalue weighted by Gasteiger charge is -2.29. The van der Waals surface area contributed by atoms with Gasteiger partial charge in [0.2, 0.25) is 0 Å². The first-order chi connectivity index (χ1) is 7.74. The van der Waals surface area contributed by atoms with Crippen LogP contribution in [-0.4, -0.2) is 38.5 Å². The van der Waals surface area contributed by atoms with Crippen LogP contribution in [0.15, 0.2) is 0 Å². The van der Waals surface area contributed by atoms with Crippen LogP contribution < -0.4 is 5.32 Å². The second-order valence-corrected chi connectivity index (χ2v) is 4.60. The molecule has 0 unspecified atom stereocenters. The molecule has 0 aromatic rings. The first-order valence-electron chi connectivity index (χ1n) is 6.55. The molecule has 0 aliphatic heterocycles. The van der Waals surface area contributed by atoms with Gasteiger partial charge in [0.1, 0.15) is 0 Å². The van der Waals surface area contributed by atoms with E-state index < -0.39 is 0 Å². The highest BCUT2D eigenvalue weighted by Gasteiger charge is 2.24. The van der Waals surface area contributed by atoms with Crippen LogP contribution in [0.5, 0.6) is 0 Å². The van der Waals surface area contributed by atoms with E-state index in [0.717, 1.165) is 39.0 Å². The topological polar surface area (TPSA) is 41.5 Å². The summed E-state index contributed by atoms with van der Waals surface area (Å²) in [5, 5.41) is 12.8. The van der Waals surface area contributed by atoms with Crippen molar-refractivity contribution < 1.29 is 9.84 Å². The predicted octanol–water partition coefficient (Wildman–Crippen LogP) is 2.19. The van der Waals surface area contributed by atoms with Crippen molar-refractivity contribution in [2.24, 2.45) is 5.41 Å². The first-order valence-corrected chi connectivity index (χ1v) is 6.55. The standard InChI is InChI=1S/C13H29NO2/c1-4-13(5-2,12-15)11-14-9-7-6-8-10-16-3/h14-15H,4-12H2,1-3H3. The molecule has 0 aliphatic rings. The molecule has 0 spiro atoms. The van der Waals surface area contributed by atoms with Crippen molar-refractivity contribution in [1.82, 2.24) is 5.32 Å². The molecule has 3 heteroatoms. The van der Waals surface area contributed by atoms with E-state index in [0.29, 0.717) is 0 Å². The highest BCUT2D eigenvalue weighted by atomic mass is 16.5. The molecule has 98 valence electrons. The summed E-state index contributed by atoms with van der Waals surface area (Å²) in [6.45, 7) is 7.44. The smallest absolute Gasteiger partial charge is 0.0499 e. The third kappa shape index (κ3) is 6.46. The van der Waals surface area contributed by atoms with E-state index in [9.17, 15) is 5.11 Å². The molecule has 0 fully saturated rings. The van der Waals surface area contributed by atoms with Gasteiger partial charge in [0.15, 0.2) is 0 Å². The minimum absolute atomic E-state index is 0.0898. The average Bonchev–Trinajstić information content (AvgIpc) is 2.34. The first kappa shape index (κ1) is 15.9. The molecule has 0 saturated heterocycles.